The van der Waals surface area contributed by atoms with E-state index in [-0.39, 0.29) is 0 Å². The van der Waals surface area contributed by atoms with Crippen LogP contribution in [0, 0.1) is 0 Å². The maximum absolute atomic E-state index is 2.52. The molecule has 1 nitrogen and oxygen atoms in total. The highest BCUT2D eigenvalue weighted by Crippen LogP contribution is 2.31. The van der Waals surface area contributed by atoms with Crippen LogP contribution >= 0.6 is 0 Å². The van der Waals surface area contributed by atoms with Gasteiger partial charge in [0.15, 0.2) is 0 Å². The van der Waals surface area contributed by atoms with Crippen LogP contribution in [0.15, 0.2) is 42.5 Å². The van der Waals surface area contributed by atoms with Gasteiger partial charge in [-0.2, -0.15) is 0 Å². The van der Waals surface area contributed by atoms with E-state index in [2.05, 4.69) is 47.4 Å². The summed E-state index contributed by atoms with van der Waals surface area (Å²) in [4.78, 5) is 2.52. The molecule has 0 radical (unpaired) electrons. The predicted octanol–water partition coefficient (Wildman–Crippen LogP) is 3.78. The van der Waals surface area contributed by atoms with Gasteiger partial charge in [0.1, 0.15) is 0 Å². The number of fused-ring (bicyclic) bond motifs is 1. The molecule has 1 saturated heterocycles. The van der Waals surface area contributed by atoms with Crippen molar-refractivity contribution in [2.24, 2.45) is 0 Å². The summed E-state index contributed by atoms with van der Waals surface area (Å²) in [5, 5.41) is 0. The van der Waals surface area contributed by atoms with Gasteiger partial charge in [-0.3, -0.25) is 0 Å². The van der Waals surface area contributed by atoms with Crippen LogP contribution in [-0.2, 0) is 0 Å². The molecule has 2 aliphatic carbocycles. The Morgan fingerprint density at radius 2 is 1.38 bits per heavy atom. The van der Waals surface area contributed by atoms with Crippen LogP contribution in [0.2, 0.25) is 0 Å². The Morgan fingerprint density at radius 3 is 2.00 bits per heavy atom. The predicted molar refractivity (Wildman–Crippen MR) is 69.1 cm³/mol. The van der Waals surface area contributed by atoms with Crippen molar-refractivity contribution in [2.45, 2.75) is 19.3 Å². The molecule has 0 saturated carbocycles. The lowest BCUT2D eigenvalue weighted by Crippen LogP contribution is -2.28. The lowest BCUT2D eigenvalue weighted by atomic mass is 10.1. The van der Waals surface area contributed by atoms with Gasteiger partial charge in [0.25, 0.3) is 0 Å². The van der Waals surface area contributed by atoms with E-state index in [1.165, 1.54) is 49.2 Å². The Kier molecular flexibility index (Phi) is 2.53. The van der Waals surface area contributed by atoms with Crippen molar-refractivity contribution in [2.75, 3.05) is 18.0 Å². The van der Waals surface area contributed by atoms with Crippen molar-refractivity contribution >= 4 is 5.69 Å². The summed E-state index contributed by atoms with van der Waals surface area (Å²) in [6.45, 7) is 2.45. The summed E-state index contributed by atoms with van der Waals surface area (Å²) in [5.74, 6) is 0. The first-order valence-corrected chi connectivity index (χ1v) is 6.17. The molecule has 0 amide bonds. The molecule has 0 aromatic rings. The molecule has 3 rings (SSSR count). The van der Waals surface area contributed by atoms with Gasteiger partial charge in [0, 0.05) is 18.8 Å². The second-order valence-electron chi connectivity index (χ2n) is 4.58. The fraction of sp³-hybridized carbons (Fsp3) is 0.333. The van der Waals surface area contributed by atoms with Crippen molar-refractivity contribution in [3.8, 4) is 11.1 Å². The van der Waals surface area contributed by atoms with E-state index in [0.29, 0.717) is 0 Å². The minimum absolute atomic E-state index is 1.22. The van der Waals surface area contributed by atoms with Crippen LogP contribution in [0.4, 0.5) is 5.69 Å². The zero-order valence-corrected chi connectivity index (χ0v) is 9.52. The Labute approximate surface area is 97.0 Å². The molecule has 16 heavy (non-hydrogen) atoms. The fourth-order valence-corrected chi connectivity index (χ4v) is 2.53. The molecule has 3 aliphatic rings. The number of rotatable bonds is 1. The maximum atomic E-state index is 2.52. The van der Waals surface area contributed by atoms with Crippen LogP contribution in [-0.4, -0.2) is 13.1 Å². The van der Waals surface area contributed by atoms with Gasteiger partial charge >= 0.3 is 0 Å². The second-order valence-corrected chi connectivity index (χ2v) is 4.58. The van der Waals surface area contributed by atoms with E-state index in [1.54, 1.807) is 0 Å². The normalized spacial score (nSPS) is 16.6. The largest absolute Gasteiger partial charge is 0.372 e. The SMILES string of the molecule is c1ccc2cc(N3CCCCC3)cc-2cc1. The monoisotopic (exact) mass is 211 g/mol. The Balaban J connectivity index is 1.96. The number of piperidine rings is 1. The van der Waals surface area contributed by atoms with Gasteiger partial charge in [0.2, 0.25) is 0 Å². The van der Waals surface area contributed by atoms with Crippen LogP contribution in [0.25, 0.3) is 11.1 Å². The van der Waals surface area contributed by atoms with E-state index < -0.39 is 0 Å². The summed E-state index contributed by atoms with van der Waals surface area (Å²) in [6, 6.07) is 15.3. The van der Waals surface area contributed by atoms with Gasteiger partial charge in [-0.25, -0.2) is 0 Å². The molecule has 82 valence electrons. The summed E-state index contributed by atoms with van der Waals surface area (Å²) >= 11 is 0. The third kappa shape index (κ3) is 1.78. The number of hydrogen-bond acceptors (Lipinski definition) is 1. The Morgan fingerprint density at radius 1 is 0.750 bits per heavy atom. The molecular formula is C15H17N. The topological polar surface area (TPSA) is 3.24 Å². The van der Waals surface area contributed by atoms with Crippen LogP contribution in [0.3, 0.4) is 0 Å². The van der Waals surface area contributed by atoms with Gasteiger partial charge in [0.05, 0.1) is 0 Å². The van der Waals surface area contributed by atoms with Crippen LogP contribution in [0.1, 0.15) is 19.3 Å². The Bertz CT molecular complexity index is 412. The molecule has 0 N–H and O–H groups in total. The first-order valence-electron chi connectivity index (χ1n) is 6.17. The van der Waals surface area contributed by atoms with E-state index in [4.69, 9.17) is 0 Å². The molecular weight excluding hydrogens is 194 g/mol. The fourth-order valence-electron chi connectivity index (χ4n) is 2.53. The lowest BCUT2D eigenvalue weighted by molar-refractivity contribution is 0.578. The molecule has 1 heteroatoms. The molecule has 0 unspecified atom stereocenters. The maximum Gasteiger partial charge on any atom is 0.0378 e. The standard InChI is InChI=1S/C15H17N/c1-3-7-13-11-15(12-14(13)8-4-1)16-9-5-2-6-10-16/h1,3-4,7-8,11-12H,2,5-6,9-10H2. The number of anilines is 1. The molecule has 1 fully saturated rings. The van der Waals surface area contributed by atoms with Crippen molar-refractivity contribution in [1.82, 2.24) is 0 Å². The van der Waals surface area contributed by atoms with Crippen LogP contribution < -0.4 is 4.90 Å². The van der Waals surface area contributed by atoms with Crippen LogP contribution in [0.5, 0.6) is 0 Å². The first-order chi connectivity index (χ1) is 7.93. The summed E-state index contributed by atoms with van der Waals surface area (Å²) in [5.41, 5.74) is 4.11. The van der Waals surface area contributed by atoms with E-state index in [1.807, 2.05) is 0 Å². The average molecular weight is 211 g/mol. The zero-order chi connectivity index (χ0) is 10.8. The van der Waals surface area contributed by atoms with Gasteiger partial charge in [-0.1, -0.05) is 30.3 Å². The van der Waals surface area contributed by atoms with Gasteiger partial charge < -0.3 is 4.90 Å². The van der Waals surface area contributed by atoms with E-state index in [0.717, 1.165) is 0 Å². The smallest absolute Gasteiger partial charge is 0.0378 e. The van der Waals surface area contributed by atoms with Crippen molar-refractivity contribution in [1.29, 1.82) is 0 Å². The highest BCUT2D eigenvalue weighted by atomic mass is 15.1. The molecule has 0 aromatic carbocycles. The second kappa shape index (κ2) is 4.17. The molecule has 0 aromatic heterocycles. The molecule has 0 spiro atoms. The number of hydrogen-bond donors (Lipinski definition) is 0. The third-order valence-electron chi connectivity index (χ3n) is 3.44. The van der Waals surface area contributed by atoms with Gasteiger partial charge in [-0.05, 0) is 42.5 Å². The molecule has 0 atom stereocenters. The summed E-state index contributed by atoms with van der Waals surface area (Å²) in [7, 11) is 0. The number of nitrogens with zero attached hydrogens (tertiary/aromatic N) is 1. The third-order valence-corrected chi connectivity index (χ3v) is 3.44. The first kappa shape index (κ1) is 9.71. The van der Waals surface area contributed by atoms with Crippen molar-refractivity contribution in [3.05, 3.63) is 42.5 Å². The lowest BCUT2D eigenvalue weighted by Gasteiger charge is -2.27. The summed E-state index contributed by atoms with van der Waals surface area (Å²) in [6.07, 6.45) is 4.08. The van der Waals surface area contributed by atoms with E-state index in [9.17, 15) is 0 Å². The van der Waals surface area contributed by atoms with E-state index >= 15 is 0 Å². The Hall–Kier alpha value is -1.50. The summed E-state index contributed by atoms with van der Waals surface area (Å²) < 4.78 is 0. The zero-order valence-electron chi connectivity index (χ0n) is 9.52. The highest BCUT2D eigenvalue weighted by molar-refractivity contribution is 5.75. The van der Waals surface area contributed by atoms with Gasteiger partial charge in [-0.15, -0.1) is 0 Å². The molecule has 0 bridgehead atoms. The highest BCUT2D eigenvalue weighted by Gasteiger charge is 2.13. The quantitative estimate of drug-likeness (QED) is 0.694. The average Bonchev–Trinajstić information content (AvgIpc) is 2.62. The minimum Gasteiger partial charge on any atom is -0.372 e. The van der Waals surface area contributed by atoms with Crippen molar-refractivity contribution < 1.29 is 0 Å². The minimum atomic E-state index is 1.22. The molecule has 1 aliphatic heterocycles. The molecule has 1 heterocycles. The van der Waals surface area contributed by atoms with Crippen molar-refractivity contribution in [3.63, 3.8) is 0 Å².